The van der Waals surface area contributed by atoms with E-state index >= 15 is 0 Å². The molecule has 1 aliphatic heterocycles. The smallest absolute Gasteiger partial charge is 0.399 e. The Morgan fingerprint density at radius 3 is 2.22 bits per heavy atom. The lowest BCUT2D eigenvalue weighted by Crippen LogP contribution is -2.41. The third-order valence-electron chi connectivity index (χ3n) is 6.20. The van der Waals surface area contributed by atoms with E-state index in [1.165, 1.54) is 19.3 Å². The molecule has 0 aromatic heterocycles. The molecule has 1 heterocycles. The van der Waals surface area contributed by atoms with E-state index < -0.39 is 28.3 Å². The van der Waals surface area contributed by atoms with Gasteiger partial charge in [-0.05, 0) is 71.0 Å². The number of hydrogen-bond donors (Lipinski definition) is 1. The summed E-state index contributed by atoms with van der Waals surface area (Å²) in [5, 5.41) is 0. The van der Waals surface area contributed by atoms with Gasteiger partial charge in [0, 0.05) is 6.54 Å². The zero-order valence-corrected chi connectivity index (χ0v) is 18.0. The fourth-order valence-corrected chi connectivity index (χ4v) is 5.00. The molecule has 1 saturated heterocycles. The van der Waals surface area contributed by atoms with Crippen molar-refractivity contribution in [2.75, 3.05) is 6.54 Å². The molecule has 0 bridgehead atoms. The highest BCUT2D eigenvalue weighted by molar-refractivity contribution is 7.89. The minimum absolute atomic E-state index is 0.281. The summed E-state index contributed by atoms with van der Waals surface area (Å²) in [6.45, 7) is 10.4. The number of sulfonamides is 1. The lowest BCUT2D eigenvalue weighted by Gasteiger charge is -2.32. The van der Waals surface area contributed by atoms with E-state index in [1.807, 2.05) is 40.7 Å². The van der Waals surface area contributed by atoms with Crippen LogP contribution in [-0.4, -0.2) is 33.3 Å². The van der Waals surface area contributed by atoms with E-state index in [0.29, 0.717) is 12.5 Å². The van der Waals surface area contributed by atoms with Crippen molar-refractivity contribution in [1.29, 1.82) is 0 Å². The van der Waals surface area contributed by atoms with Crippen molar-refractivity contribution in [1.82, 2.24) is 4.72 Å². The van der Waals surface area contributed by atoms with Crippen LogP contribution in [0.3, 0.4) is 0 Å². The molecule has 2 fully saturated rings. The normalized spacial score (nSPS) is 22.9. The Morgan fingerprint density at radius 2 is 1.63 bits per heavy atom. The van der Waals surface area contributed by atoms with Crippen molar-refractivity contribution >= 4 is 22.6 Å². The summed E-state index contributed by atoms with van der Waals surface area (Å²) in [5.41, 5.74) is 0.700. The van der Waals surface area contributed by atoms with Crippen molar-refractivity contribution in [2.24, 2.45) is 5.92 Å². The second-order valence-electron chi connectivity index (χ2n) is 9.02. The van der Waals surface area contributed by atoms with E-state index in [4.69, 9.17) is 9.31 Å². The third-order valence-corrected chi connectivity index (χ3v) is 7.60. The maximum atomic E-state index is 12.9. The molecular weight excluding hydrogens is 361 g/mol. The van der Waals surface area contributed by atoms with Gasteiger partial charge in [0.25, 0.3) is 0 Å². The predicted molar refractivity (Wildman–Crippen MR) is 109 cm³/mol. The monoisotopic (exact) mass is 393 g/mol. The summed E-state index contributed by atoms with van der Waals surface area (Å²) >= 11 is 0. The van der Waals surface area contributed by atoms with Gasteiger partial charge in [0.2, 0.25) is 10.0 Å². The van der Waals surface area contributed by atoms with Gasteiger partial charge in [-0.2, -0.15) is 0 Å². The molecule has 0 spiro atoms. The minimum atomic E-state index is -3.55. The van der Waals surface area contributed by atoms with Crippen LogP contribution < -0.4 is 10.2 Å². The van der Waals surface area contributed by atoms with Crippen LogP contribution in [0.25, 0.3) is 0 Å². The second-order valence-corrected chi connectivity index (χ2v) is 10.8. The summed E-state index contributed by atoms with van der Waals surface area (Å²) in [7, 11) is -4.12. The standard InChI is InChI=1S/C20H32BNO4S/c1-15-11-17(21-25-19(2,3)20(4,5)26-21)13-18(12-15)27(23,24)22-14-16-9-7-6-8-10-16/h11-13,16,22H,6-10,14H2,1-5H3. The molecule has 2 aliphatic rings. The first-order valence-corrected chi connectivity index (χ1v) is 11.5. The summed E-state index contributed by atoms with van der Waals surface area (Å²) in [6.07, 6.45) is 5.87. The van der Waals surface area contributed by atoms with Crippen molar-refractivity contribution in [3.63, 3.8) is 0 Å². The molecular formula is C20H32BNO4S. The Kier molecular flexibility index (Phi) is 5.79. The number of hydrogen-bond acceptors (Lipinski definition) is 4. The fourth-order valence-electron chi connectivity index (χ4n) is 3.75. The molecule has 1 N–H and O–H groups in total. The maximum absolute atomic E-state index is 12.9. The van der Waals surface area contributed by atoms with Gasteiger partial charge < -0.3 is 9.31 Å². The Balaban J connectivity index is 1.78. The van der Waals surface area contributed by atoms with Gasteiger partial charge in [0.15, 0.2) is 0 Å². The van der Waals surface area contributed by atoms with E-state index in [-0.39, 0.29) is 4.90 Å². The van der Waals surface area contributed by atoms with Crippen LogP contribution in [0.4, 0.5) is 0 Å². The van der Waals surface area contributed by atoms with Crippen LogP contribution >= 0.6 is 0 Å². The number of aryl methyl sites for hydroxylation is 1. The second kappa shape index (κ2) is 7.50. The van der Waals surface area contributed by atoms with Crippen LogP contribution in [0, 0.1) is 12.8 Å². The molecule has 5 nitrogen and oxygen atoms in total. The van der Waals surface area contributed by atoms with Crippen molar-refractivity contribution in [3.8, 4) is 0 Å². The summed E-state index contributed by atoms with van der Waals surface area (Å²) < 4.78 is 40.7. The van der Waals surface area contributed by atoms with Gasteiger partial charge in [-0.25, -0.2) is 13.1 Å². The molecule has 3 rings (SSSR count). The molecule has 7 heteroatoms. The van der Waals surface area contributed by atoms with Gasteiger partial charge in [-0.1, -0.05) is 30.9 Å². The Bertz CT molecular complexity index is 769. The van der Waals surface area contributed by atoms with Gasteiger partial charge in [-0.15, -0.1) is 0 Å². The number of nitrogens with one attached hydrogen (secondary N) is 1. The molecule has 1 aromatic carbocycles. The van der Waals surface area contributed by atoms with E-state index in [9.17, 15) is 8.42 Å². The highest BCUT2D eigenvalue weighted by Gasteiger charge is 2.51. The topological polar surface area (TPSA) is 64.6 Å². The first kappa shape index (κ1) is 20.8. The number of rotatable bonds is 5. The van der Waals surface area contributed by atoms with Crippen molar-refractivity contribution in [3.05, 3.63) is 23.8 Å². The molecule has 0 radical (unpaired) electrons. The SMILES string of the molecule is Cc1cc(B2OC(C)(C)C(C)(C)O2)cc(S(=O)(=O)NCC2CCCCC2)c1. The molecule has 1 aromatic rings. The largest absolute Gasteiger partial charge is 0.494 e. The molecule has 150 valence electrons. The molecule has 0 amide bonds. The number of benzene rings is 1. The molecule has 1 saturated carbocycles. The lowest BCUT2D eigenvalue weighted by molar-refractivity contribution is 0.00578. The van der Waals surface area contributed by atoms with Gasteiger partial charge >= 0.3 is 7.12 Å². The molecule has 0 unspecified atom stereocenters. The summed E-state index contributed by atoms with van der Waals surface area (Å²) in [5.74, 6) is 0.445. The quantitative estimate of drug-likeness (QED) is 0.781. The molecule has 0 atom stereocenters. The Morgan fingerprint density at radius 1 is 1.04 bits per heavy atom. The van der Waals surface area contributed by atoms with Crippen LogP contribution in [0.2, 0.25) is 0 Å². The Hall–Kier alpha value is -0.885. The van der Waals surface area contributed by atoms with E-state index in [2.05, 4.69) is 4.72 Å². The molecule has 27 heavy (non-hydrogen) atoms. The average molecular weight is 393 g/mol. The fraction of sp³-hybridized carbons (Fsp3) is 0.700. The van der Waals surface area contributed by atoms with Crippen LogP contribution in [-0.2, 0) is 19.3 Å². The first-order chi connectivity index (χ1) is 12.5. The first-order valence-electron chi connectivity index (χ1n) is 9.97. The third kappa shape index (κ3) is 4.58. The van der Waals surface area contributed by atoms with Gasteiger partial charge in [0.05, 0.1) is 16.1 Å². The van der Waals surface area contributed by atoms with Crippen LogP contribution in [0.15, 0.2) is 23.1 Å². The van der Waals surface area contributed by atoms with Gasteiger partial charge in [-0.3, -0.25) is 0 Å². The average Bonchev–Trinajstić information content (AvgIpc) is 2.81. The highest BCUT2D eigenvalue weighted by atomic mass is 32.2. The Labute approximate surface area is 164 Å². The molecule has 1 aliphatic carbocycles. The summed E-state index contributed by atoms with van der Waals surface area (Å²) in [4.78, 5) is 0.281. The maximum Gasteiger partial charge on any atom is 0.494 e. The van der Waals surface area contributed by atoms with E-state index in [0.717, 1.165) is 23.9 Å². The zero-order valence-electron chi connectivity index (χ0n) is 17.2. The summed E-state index contributed by atoms with van der Waals surface area (Å²) in [6, 6.07) is 5.32. The van der Waals surface area contributed by atoms with E-state index in [1.54, 1.807) is 12.1 Å². The van der Waals surface area contributed by atoms with Crippen molar-refractivity contribution in [2.45, 2.75) is 82.8 Å². The highest BCUT2D eigenvalue weighted by Crippen LogP contribution is 2.36. The zero-order chi connectivity index (χ0) is 19.9. The van der Waals surface area contributed by atoms with Crippen LogP contribution in [0.5, 0.6) is 0 Å². The van der Waals surface area contributed by atoms with Gasteiger partial charge in [0.1, 0.15) is 0 Å². The van der Waals surface area contributed by atoms with Crippen LogP contribution in [0.1, 0.15) is 65.4 Å². The van der Waals surface area contributed by atoms with Crippen molar-refractivity contribution < 1.29 is 17.7 Å². The predicted octanol–water partition coefficient (Wildman–Crippen LogP) is 3.15. The minimum Gasteiger partial charge on any atom is -0.399 e. The lowest BCUT2D eigenvalue weighted by atomic mass is 9.78.